The normalized spacial score (nSPS) is 14.2. The first-order chi connectivity index (χ1) is 21.9. The highest BCUT2D eigenvalue weighted by Crippen LogP contribution is 2.31. The molecule has 0 bridgehead atoms. The Morgan fingerprint density at radius 1 is 1.00 bits per heavy atom. The van der Waals surface area contributed by atoms with E-state index in [-0.39, 0.29) is 17.3 Å². The number of halogens is 4. The van der Waals surface area contributed by atoms with Crippen LogP contribution in [0.25, 0.3) is 11.1 Å². The molecule has 0 aliphatic carbocycles. The van der Waals surface area contributed by atoms with Crippen LogP contribution < -0.4 is 0 Å². The molecule has 1 unspecified atom stereocenters. The Labute approximate surface area is 271 Å². The van der Waals surface area contributed by atoms with Crippen molar-refractivity contribution in [2.45, 2.75) is 85.9 Å². The lowest BCUT2D eigenvalue weighted by atomic mass is 9.83. The lowest BCUT2D eigenvalue weighted by Crippen LogP contribution is -2.17. The second kappa shape index (κ2) is 19.2. The Morgan fingerprint density at radius 3 is 2.20 bits per heavy atom. The fraction of sp³-hybridized carbons (Fsp3) is 0.342. The summed E-state index contributed by atoms with van der Waals surface area (Å²) in [5.74, 6) is -0.337. The van der Waals surface area contributed by atoms with Gasteiger partial charge in [0.2, 0.25) is 0 Å². The number of benzene rings is 2. The Balaban J connectivity index is 0.000000473. The Hall–Kier alpha value is -4.33. The maximum Gasteiger partial charge on any atom is 0.433 e. The van der Waals surface area contributed by atoms with Crippen molar-refractivity contribution in [3.05, 3.63) is 125 Å². The maximum absolute atomic E-state index is 14.2. The minimum atomic E-state index is -4.35. The molecule has 0 N–H and O–H groups in total. The number of pyridine rings is 1. The summed E-state index contributed by atoms with van der Waals surface area (Å²) >= 11 is 0. The molecule has 4 rings (SSSR count). The van der Waals surface area contributed by atoms with E-state index in [0.717, 1.165) is 35.5 Å². The molecule has 1 atom stereocenters. The number of oxime groups is 1. The molecule has 0 saturated heterocycles. The highest BCUT2D eigenvalue weighted by molar-refractivity contribution is 6.03. The van der Waals surface area contributed by atoms with E-state index in [9.17, 15) is 22.4 Å². The highest BCUT2D eigenvalue weighted by atomic mass is 19.4. The predicted molar refractivity (Wildman–Crippen MR) is 182 cm³/mol. The first-order valence-electron chi connectivity index (χ1n) is 15.5. The maximum atomic E-state index is 14.2. The van der Waals surface area contributed by atoms with E-state index in [1.54, 1.807) is 30.3 Å². The van der Waals surface area contributed by atoms with Crippen molar-refractivity contribution in [2.75, 3.05) is 0 Å². The topological polar surface area (TPSA) is 51.5 Å². The van der Waals surface area contributed by atoms with Crippen LogP contribution in [0.4, 0.5) is 17.6 Å². The van der Waals surface area contributed by atoms with Gasteiger partial charge in [-0.15, -0.1) is 0 Å². The molecule has 1 aliphatic heterocycles. The molecule has 2 aromatic carbocycles. The van der Waals surface area contributed by atoms with Crippen molar-refractivity contribution in [1.82, 2.24) is 4.98 Å². The standard InChI is InChI=1S/C23H20FNO2.C11H14F3N.2C2H6/c1-3-4-5-8-16(2)23-14-22(25-27-23)19-12-17(15-26)11-18(13-19)20-9-6-7-10-21(20)24;1-4-10(2,3)8-5-6-9(15-7-8)11(12,13)14;2*1-2/h3-13,15,23H,2,14H2,1H3;5-7H,4H2,1-3H3;2*1-2H3/b4-3-,8-5-;;;. The SMILES string of the molecule is C=C(/C=C\C=C/C)C1CC(c2cc(C=O)cc(-c3ccccc3F)c2)=NO1.CC.CC.CCC(C)(C)c1ccc(C(F)(F)F)nc1. The molecule has 4 nitrogen and oxygen atoms in total. The number of rotatable bonds is 8. The van der Waals surface area contributed by atoms with Crippen LogP contribution in [0.1, 0.15) is 95.4 Å². The summed E-state index contributed by atoms with van der Waals surface area (Å²) in [6.45, 7) is 19.9. The van der Waals surface area contributed by atoms with Gasteiger partial charge in [-0.25, -0.2) is 4.39 Å². The molecule has 0 spiro atoms. The quantitative estimate of drug-likeness (QED) is 0.140. The lowest BCUT2D eigenvalue weighted by molar-refractivity contribution is -0.141. The van der Waals surface area contributed by atoms with Crippen LogP contribution in [0.5, 0.6) is 0 Å². The number of alkyl halides is 3. The van der Waals surface area contributed by atoms with E-state index in [2.05, 4.69) is 16.7 Å². The molecule has 248 valence electrons. The minimum Gasteiger partial charge on any atom is -0.387 e. The van der Waals surface area contributed by atoms with Crippen molar-refractivity contribution in [2.24, 2.45) is 5.16 Å². The number of carbonyl (C=O) groups excluding carboxylic acids is 1. The number of hydrogen-bond donors (Lipinski definition) is 0. The molecule has 1 aromatic heterocycles. The average Bonchev–Trinajstić information content (AvgIpc) is 3.57. The predicted octanol–water partition coefficient (Wildman–Crippen LogP) is 11.3. The summed E-state index contributed by atoms with van der Waals surface area (Å²) in [5, 5.41) is 4.16. The zero-order chi connectivity index (χ0) is 34.9. The van der Waals surface area contributed by atoms with E-state index in [0.29, 0.717) is 28.8 Å². The van der Waals surface area contributed by atoms with Gasteiger partial charge in [0.15, 0.2) is 6.10 Å². The molecular formula is C38H46F4N2O2. The number of allylic oxidation sites excluding steroid dienone is 3. The van der Waals surface area contributed by atoms with Gasteiger partial charge in [-0.1, -0.05) is 109 Å². The van der Waals surface area contributed by atoms with Gasteiger partial charge in [0.25, 0.3) is 0 Å². The van der Waals surface area contributed by atoms with Crippen LogP contribution in [0, 0.1) is 5.82 Å². The zero-order valence-electron chi connectivity index (χ0n) is 28.1. The number of carbonyl (C=O) groups is 1. The Kier molecular flexibility index (Phi) is 16.6. The van der Waals surface area contributed by atoms with Gasteiger partial charge in [-0.2, -0.15) is 13.2 Å². The summed E-state index contributed by atoms with van der Waals surface area (Å²) in [7, 11) is 0. The van der Waals surface area contributed by atoms with Crippen LogP contribution in [0.15, 0.2) is 102 Å². The van der Waals surface area contributed by atoms with Crippen LogP contribution in [-0.2, 0) is 16.4 Å². The second-order valence-corrected chi connectivity index (χ2v) is 10.4. The van der Waals surface area contributed by atoms with Crippen molar-refractivity contribution >= 4 is 12.0 Å². The Bertz CT molecular complexity index is 1490. The van der Waals surface area contributed by atoms with Crippen LogP contribution in [0.3, 0.4) is 0 Å². The summed E-state index contributed by atoms with van der Waals surface area (Å²) in [4.78, 5) is 20.3. The van der Waals surface area contributed by atoms with Crippen molar-refractivity contribution in [3.63, 3.8) is 0 Å². The lowest BCUT2D eigenvalue weighted by Gasteiger charge is -2.23. The molecule has 1 aliphatic rings. The molecule has 2 heterocycles. The average molecular weight is 639 g/mol. The van der Waals surface area contributed by atoms with Gasteiger partial charge in [0, 0.05) is 29.3 Å². The first-order valence-corrected chi connectivity index (χ1v) is 15.5. The van der Waals surface area contributed by atoms with Gasteiger partial charge in [-0.3, -0.25) is 9.78 Å². The third-order valence-corrected chi connectivity index (χ3v) is 7.03. The fourth-order valence-corrected chi connectivity index (χ4v) is 4.05. The van der Waals surface area contributed by atoms with Crippen molar-refractivity contribution in [3.8, 4) is 11.1 Å². The van der Waals surface area contributed by atoms with E-state index in [1.807, 2.05) is 85.8 Å². The van der Waals surface area contributed by atoms with E-state index in [1.165, 1.54) is 18.3 Å². The molecular weight excluding hydrogens is 592 g/mol. The van der Waals surface area contributed by atoms with Gasteiger partial charge >= 0.3 is 6.18 Å². The zero-order valence-corrected chi connectivity index (χ0v) is 28.1. The van der Waals surface area contributed by atoms with Crippen LogP contribution >= 0.6 is 0 Å². The third-order valence-electron chi connectivity index (χ3n) is 7.03. The molecule has 8 heteroatoms. The van der Waals surface area contributed by atoms with Gasteiger partial charge in [0.1, 0.15) is 17.8 Å². The van der Waals surface area contributed by atoms with Gasteiger partial charge < -0.3 is 4.84 Å². The van der Waals surface area contributed by atoms with E-state index >= 15 is 0 Å². The number of aromatic nitrogens is 1. The summed E-state index contributed by atoms with van der Waals surface area (Å²) < 4.78 is 50.9. The molecule has 46 heavy (non-hydrogen) atoms. The monoisotopic (exact) mass is 638 g/mol. The third kappa shape index (κ3) is 11.5. The Morgan fingerprint density at radius 2 is 1.65 bits per heavy atom. The van der Waals surface area contributed by atoms with Gasteiger partial charge in [0.05, 0.1) is 5.71 Å². The number of hydrogen-bond acceptors (Lipinski definition) is 4. The van der Waals surface area contributed by atoms with Crippen LogP contribution in [0.2, 0.25) is 0 Å². The summed E-state index contributed by atoms with van der Waals surface area (Å²) in [6.07, 6.45) is 6.48. The van der Waals surface area contributed by atoms with Crippen LogP contribution in [-0.4, -0.2) is 23.1 Å². The molecule has 0 saturated carbocycles. The smallest absolute Gasteiger partial charge is 0.387 e. The second-order valence-electron chi connectivity index (χ2n) is 10.4. The van der Waals surface area contributed by atoms with Crippen molar-refractivity contribution < 1.29 is 27.2 Å². The fourth-order valence-electron chi connectivity index (χ4n) is 4.05. The van der Waals surface area contributed by atoms with E-state index in [4.69, 9.17) is 4.84 Å². The van der Waals surface area contributed by atoms with E-state index < -0.39 is 11.9 Å². The highest BCUT2D eigenvalue weighted by Gasteiger charge is 2.32. The number of aldehydes is 1. The summed E-state index contributed by atoms with van der Waals surface area (Å²) in [6, 6.07) is 14.2. The molecule has 3 aromatic rings. The number of nitrogens with zero attached hydrogens (tertiary/aromatic N) is 2. The summed E-state index contributed by atoms with van der Waals surface area (Å²) in [5.41, 5.74) is 3.67. The molecule has 0 fully saturated rings. The largest absolute Gasteiger partial charge is 0.433 e. The van der Waals surface area contributed by atoms with Crippen molar-refractivity contribution in [1.29, 1.82) is 0 Å². The van der Waals surface area contributed by atoms with Gasteiger partial charge in [-0.05, 0) is 65.8 Å². The minimum absolute atomic E-state index is 0.128. The molecule has 0 radical (unpaired) electrons. The molecule has 0 amide bonds. The first kappa shape index (κ1) is 39.7.